The maximum atomic E-state index is 12.1. The predicted octanol–water partition coefficient (Wildman–Crippen LogP) is 3.75. The SMILES string of the molecule is Cc1cc(C)c(NC(=O)CNC(=O)CCOc2ccc(C)c(C)c2)c(C)c1. The van der Waals surface area contributed by atoms with Crippen LogP contribution in [-0.4, -0.2) is 25.0 Å². The van der Waals surface area contributed by atoms with E-state index in [1.807, 2.05) is 65.0 Å². The van der Waals surface area contributed by atoms with Crippen LogP contribution in [0.1, 0.15) is 34.2 Å². The largest absolute Gasteiger partial charge is 0.493 e. The highest BCUT2D eigenvalue weighted by Gasteiger charge is 2.10. The number of carbonyl (C=O) groups is 2. The van der Waals surface area contributed by atoms with Gasteiger partial charge in [0.2, 0.25) is 11.8 Å². The minimum atomic E-state index is -0.242. The third kappa shape index (κ3) is 6.13. The minimum absolute atomic E-state index is 0.0603. The van der Waals surface area contributed by atoms with Gasteiger partial charge in [0.25, 0.3) is 0 Å². The van der Waals surface area contributed by atoms with Crippen molar-refractivity contribution in [2.45, 2.75) is 41.0 Å². The van der Waals surface area contributed by atoms with E-state index in [1.54, 1.807) is 0 Å². The van der Waals surface area contributed by atoms with Crippen LogP contribution in [0, 0.1) is 34.6 Å². The first-order valence-corrected chi connectivity index (χ1v) is 9.10. The van der Waals surface area contributed by atoms with E-state index in [2.05, 4.69) is 10.6 Å². The molecule has 0 aliphatic carbocycles. The van der Waals surface area contributed by atoms with Crippen molar-refractivity contribution in [1.29, 1.82) is 0 Å². The smallest absolute Gasteiger partial charge is 0.243 e. The van der Waals surface area contributed by atoms with Crippen molar-refractivity contribution in [2.75, 3.05) is 18.5 Å². The Hall–Kier alpha value is -2.82. The maximum absolute atomic E-state index is 12.1. The van der Waals surface area contributed by atoms with Gasteiger partial charge < -0.3 is 15.4 Å². The van der Waals surface area contributed by atoms with Crippen molar-refractivity contribution in [3.63, 3.8) is 0 Å². The lowest BCUT2D eigenvalue weighted by molar-refractivity contribution is -0.124. The molecule has 0 spiro atoms. The minimum Gasteiger partial charge on any atom is -0.493 e. The summed E-state index contributed by atoms with van der Waals surface area (Å²) in [6, 6.07) is 9.87. The van der Waals surface area contributed by atoms with Crippen molar-refractivity contribution in [3.8, 4) is 5.75 Å². The number of hydrogen-bond acceptors (Lipinski definition) is 3. The summed E-state index contributed by atoms with van der Waals surface area (Å²) in [5.74, 6) is 0.286. The van der Waals surface area contributed by atoms with E-state index in [-0.39, 0.29) is 31.4 Å². The average Bonchev–Trinajstić information content (AvgIpc) is 2.59. The van der Waals surface area contributed by atoms with Gasteiger partial charge in [-0.2, -0.15) is 0 Å². The molecule has 5 heteroatoms. The first-order chi connectivity index (χ1) is 12.8. The van der Waals surface area contributed by atoms with Gasteiger partial charge in [-0.05, 0) is 69.0 Å². The van der Waals surface area contributed by atoms with Crippen molar-refractivity contribution < 1.29 is 14.3 Å². The molecule has 144 valence electrons. The van der Waals surface area contributed by atoms with Crippen LogP contribution in [-0.2, 0) is 9.59 Å². The molecule has 2 aromatic carbocycles. The topological polar surface area (TPSA) is 67.4 Å². The van der Waals surface area contributed by atoms with E-state index in [0.717, 1.165) is 33.7 Å². The number of carbonyl (C=O) groups excluding carboxylic acids is 2. The fraction of sp³-hybridized carbons (Fsp3) is 0.364. The summed E-state index contributed by atoms with van der Waals surface area (Å²) in [5.41, 5.74) is 6.32. The van der Waals surface area contributed by atoms with Crippen LogP contribution >= 0.6 is 0 Å². The first-order valence-electron chi connectivity index (χ1n) is 9.10. The Morgan fingerprint density at radius 3 is 2.15 bits per heavy atom. The van der Waals surface area contributed by atoms with Crippen LogP contribution in [0.4, 0.5) is 5.69 Å². The maximum Gasteiger partial charge on any atom is 0.243 e. The number of amides is 2. The lowest BCUT2D eigenvalue weighted by Crippen LogP contribution is -2.33. The first kappa shape index (κ1) is 20.5. The molecule has 2 rings (SSSR count). The zero-order chi connectivity index (χ0) is 20.0. The van der Waals surface area contributed by atoms with Gasteiger partial charge in [-0.3, -0.25) is 9.59 Å². The zero-order valence-corrected chi connectivity index (χ0v) is 16.7. The van der Waals surface area contributed by atoms with Gasteiger partial charge in [0, 0.05) is 5.69 Å². The molecule has 0 aliphatic heterocycles. The van der Waals surface area contributed by atoms with E-state index < -0.39 is 0 Å². The second-order valence-corrected chi connectivity index (χ2v) is 6.94. The van der Waals surface area contributed by atoms with E-state index >= 15 is 0 Å². The molecule has 0 saturated carbocycles. The molecule has 27 heavy (non-hydrogen) atoms. The third-order valence-electron chi connectivity index (χ3n) is 4.46. The molecule has 0 aromatic heterocycles. The summed E-state index contributed by atoms with van der Waals surface area (Å²) in [6.07, 6.45) is 0.197. The number of nitrogens with one attached hydrogen (secondary N) is 2. The van der Waals surface area contributed by atoms with Crippen LogP contribution in [0.5, 0.6) is 5.75 Å². The summed E-state index contributed by atoms with van der Waals surface area (Å²) in [5, 5.41) is 5.50. The Bertz CT molecular complexity index is 820. The Balaban J connectivity index is 1.75. The molecule has 0 bridgehead atoms. The quantitative estimate of drug-likeness (QED) is 0.782. The fourth-order valence-electron chi connectivity index (χ4n) is 2.89. The van der Waals surface area contributed by atoms with E-state index in [1.165, 1.54) is 5.56 Å². The van der Waals surface area contributed by atoms with Gasteiger partial charge in [0.15, 0.2) is 0 Å². The Morgan fingerprint density at radius 1 is 0.852 bits per heavy atom. The predicted molar refractivity (Wildman–Crippen MR) is 108 cm³/mol. The molecule has 0 heterocycles. The lowest BCUT2D eigenvalue weighted by Gasteiger charge is -2.13. The second kappa shape index (κ2) is 9.21. The molecular formula is C22H28N2O3. The number of aryl methyl sites for hydroxylation is 5. The Morgan fingerprint density at radius 2 is 1.52 bits per heavy atom. The Labute approximate surface area is 161 Å². The summed E-state index contributed by atoms with van der Waals surface area (Å²) in [4.78, 5) is 24.0. The molecule has 2 amide bonds. The van der Waals surface area contributed by atoms with Crippen molar-refractivity contribution >= 4 is 17.5 Å². The van der Waals surface area contributed by atoms with E-state index in [4.69, 9.17) is 4.74 Å². The Kier molecular flexibility index (Phi) is 6.99. The molecular weight excluding hydrogens is 340 g/mol. The van der Waals surface area contributed by atoms with Gasteiger partial charge in [-0.25, -0.2) is 0 Å². The van der Waals surface area contributed by atoms with Crippen LogP contribution in [0.2, 0.25) is 0 Å². The molecule has 2 N–H and O–H groups in total. The van der Waals surface area contributed by atoms with Crippen molar-refractivity contribution in [2.24, 2.45) is 0 Å². The monoisotopic (exact) mass is 368 g/mol. The van der Waals surface area contributed by atoms with Crippen LogP contribution in [0.3, 0.4) is 0 Å². The van der Waals surface area contributed by atoms with Crippen LogP contribution in [0.25, 0.3) is 0 Å². The molecule has 2 aromatic rings. The molecule has 0 unspecified atom stereocenters. The van der Waals surface area contributed by atoms with Crippen LogP contribution < -0.4 is 15.4 Å². The number of ether oxygens (including phenoxy) is 1. The number of anilines is 1. The summed E-state index contributed by atoms with van der Waals surface area (Å²) < 4.78 is 5.60. The molecule has 0 atom stereocenters. The molecule has 0 aliphatic rings. The van der Waals surface area contributed by atoms with Crippen molar-refractivity contribution in [3.05, 3.63) is 58.1 Å². The zero-order valence-electron chi connectivity index (χ0n) is 16.7. The van der Waals surface area contributed by atoms with E-state index in [0.29, 0.717) is 0 Å². The second-order valence-electron chi connectivity index (χ2n) is 6.94. The molecule has 0 radical (unpaired) electrons. The molecule has 0 fully saturated rings. The molecule has 0 saturated heterocycles. The summed E-state index contributed by atoms with van der Waals surface area (Å²) in [6.45, 7) is 10.2. The number of hydrogen-bond donors (Lipinski definition) is 2. The fourth-order valence-corrected chi connectivity index (χ4v) is 2.89. The highest BCUT2D eigenvalue weighted by molar-refractivity contribution is 5.95. The lowest BCUT2D eigenvalue weighted by atomic mass is 10.1. The standard InChI is InChI=1S/C22H28N2O3/c1-14-10-17(4)22(18(5)11-14)24-21(26)13-23-20(25)8-9-27-19-7-6-15(2)16(3)12-19/h6-7,10-12H,8-9,13H2,1-5H3,(H,23,25)(H,24,26). The highest BCUT2D eigenvalue weighted by atomic mass is 16.5. The van der Waals surface area contributed by atoms with Gasteiger partial charge in [0.05, 0.1) is 19.6 Å². The summed E-state index contributed by atoms with van der Waals surface area (Å²) in [7, 11) is 0. The third-order valence-corrected chi connectivity index (χ3v) is 4.46. The normalized spacial score (nSPS) is 10.4. The van der Waals surface area contributed by atoms with Gasteiger partial charge in [-0.1, -0.05) is 23.8 Å². The molecule has 5 nitrogen and oxygen atoms in total. The number of benzene rings is 2. The number of rotatable bonds is 7. The summed E-state index contributed by atoms with van der Waals surface area (Å²) >= 11 is 0. The van der Waals surface area contributed by atoms with Crippen molar-refractivity contribution in [1.82, 2.24) is 5.32 Å². The van der Waals surface area contributed by atoms with Crippen LogP contribution in [0.15, 0.2) is 30.3 Å². The van der Waals surface area contributed by atoms with Gasteiger partial charge in [-0.15, -0.1) is 0 Å². The van der Waals surface area contributed by atoms with E-state index in [9.17, 15) is 9.59 Å². The average molecular weight is 368 g/mol. The van der Waals surface area contributed by atoms with Gasteiger partial charge in [0.1, 0.15) is 5.75 Å². The van der Waals surface area contributed by atoms with Gasteiger partial charge >= 0.3 is 0 Å². The highest BCUT2D eigenvalue weighted by Crippen LogP contribution is 2.21.